The molecule has 1 aromatic rings. The molecule has 0 fully saturated rings. The summed E-state index contributed by atoms with van der Waals surface area (Å²) in [5, 5.41) is 11.0. The van der Waals surface area contributed by atoms with E-state index in [1.54, 1.807) is 18.3 Å². The van der Waals surface area contributed by atoms with E-state index in [0.717, 1.165) is 22.5 Å². The molecule has 0 aliphatic heterocycles. The van der Waals surface area contributed by atoms with Crippen LogP contribution in [-0.2, 0) is 6.42 Å². The van der Waals surface area contributed by atoms with Gasteiger partial charge in [0.15, 0.2) is 3.92 Å². The van der Waals surface area contributed by atoms with Crippen molar-refractivity contribution in [3.05, 3.63) is 15.0 Å². The molecular weight excluding hydrogens is 226 g/mol. The SMILES string of the molecule is C[C@H](O)CCc1csc(Br)n1. The fourth-order valence-electron chi connectivity index (χ4n) is 0.754. The molecule has 62 valence electrons. The van der Waals surface area contributed by atoms with Crippen molar-refractivity contribution in [3.63, 3.8) is 0 Å². The zero-order valence-corrected chi connectivity index (χ0v) is 8.65. The van der Waals surface area contributed by atoms with Gasteiger partial charge < -0.3 is 5.11 Å². The van der Waals surface area contributed by atoms with Gasteiger partial charge in [-0.1, -0.05) is 0 Å². The quantitative estimate of drug-likeness (QED) is 0.872. The van der Waals surface area contributed by atoms with Crippen LogP contribution in [0, 0.1) is 0 Å². The van der Waals surface area contributed by atoms with Gasteiger partial charge in [-0.25, -0.2) is 4.98 Å². The smallest absolute Gasteiger partial charge is 0.159 e. The summed E-state index contributed by atoms with van der Waals surface area (Å²) < 4.78 is 0.915. The molecule has 2 nitrogen and oxygen atoms in total. The van der Waals surface area contributed by atoms with Gasteiger partial charge in [0.2, 0.25) is 0 Å². The Balaban J connectivity index is 2.39. The van der Waals surface area contributed by atoms with Gasteiger partial charge in [-0.3, -0.25) is 0 Å². The Morgan fingerprint density at radius 3 is 3.00 bits per heavy atom. The predicted octanol–water partition coefficient (Wildman–Crippen LogP) is 2.22. The summed E-state index contributed by atoms with van der Waals surface area (Å²) in [7, 11) is 0. The van der Waals surface area contributed by atoms with Crippen LogP contribution in [0.1, 0.15) is 19.0 Å². The first kappa shape index (κ1) is 9.16. The van der Waals surface area contributed by atoms with Crippen molar-refractivity contribution < 1.29 is 5.11 Å². The zero-order valence-electron chi connectivity index (χ0n) is 6.25. The van der Waals surface area contributed by atoms with E-state index in [2.05, 4.69) is 20.9 Å². The molecule has 1 heterocycles. The van der Waals surface area contributed by atoms with E-state index >= 15 is 0 Å². The highest BCUT2D eigenvalue weighted by molar-refractivity contribution is 9.11. The standard InChI is InChI=1S/C7H10BrNOS/c1-5(10)2-3-6-4-11-7(8)9-6/h4-5,10H,2-3H2,1H3/t5-/m0/s1. The average molecular weight is 236 g/mol. The first-order valence-electron chi connectivity index (χ1n) is 3.46. The Kier molecular flexibility index (Phi) is 3.48. The van der Waals surface area contributed by atoms with E-state index in [9.17, 15) is 0 Å². The molecular formula is C7H10BrNOS. The van der Waals surface area contributed by atoms with E-state index < -0.39 is 0 Å². The van der Waals surface area contributed by atoms with E-state index in [-0.39, 0.29) is 6.10 Å². The number of aliphatic hydroxyl groups excluding tert-OH is 1. The molecule has 0 aliphatic carbocycles. The van der Waals surface area contributed by atoms with E-state index in [1.807, 2.05) is 5.38 Å². The number of aliphatic hydroxyl groups is 1. The molecule has 0 unspecified atom stereocenters. The molecule has 0 radical (unpaired) electrons. The zero-order chi connectivity index (χ0) is 8.27. The van der Waals surface area contributed by atoms with Crippen LogP contribution in [0.4, 0.5) is 0 Å². The van der Waals surface area contributed by atoms with Gasteiger partial charge in [0, 0.05) is 5.38 Å². The van der Waals surface area contributed by atoms with E-state index in [0.29, 0.717) is 0 Å². The van der Waals surface area contributed by atoms with Crippen molar-refractivity contribution in [1.82, 2.24) is 4.98 Å². The Labute approximate surface area is 78.4 Å². The van der Waals surface area contributed by atoms with Gasteiger partial charge in [-0.05, 0) is 35.7 Å². The lowest BCUT2D eigenvalue weighted by Crippen LogP contribution is -2.01. The van der Waals surface area contributed by atoms with Crippen molar-refractivity contribution in [2.45, 2.75) is 25.9 Å². The summed E-state index contributed by atoms with van der Waals surface area (Å²) in [5.74, 6) is 0. The van der Waals surface area contributed by atoms with Crippen LogP contribution in [-0.4, -0.2) is 16.2 Å². The fourth-order valence-corrected chi connectivity index (χ4v) is 1.84. The second-order valence-corrected chi connectivity index (χ2v) is 4.61. The largest absolute Gasteiger partial charge is 0.393 e. The van der Waals surface area contributed by atoms with Crippen LogP contribution in [0.25, 0.3) is 0 Å². The number of hydrogen-bond donors (Lipinski definition) is 1. The molecule has 11 heavy (non-hydrogen) atoms. The Morgan fingerprint density at radius 1 is 1.82 bits per heavy atom. The normalized spacial score (nSPS) is 13.4. The molecule has 1 rings (SSSR count). The maximum absolute atomic E-state index is 8.98. The molecule has 1 N–H and O–H groups in total. The third-order valence-corrected chi connectivity index (χ3v) is 2.76. The lowest BCUT2D eigenvalue weighted by molar-refractivity contribution is 0.184. The van der Waals surface area contributed by atoms with E-state index in [4.69, 9.17) is 5.11 Å². The lowest BCUT2D eigenvalue weighted by atomic mass is 10.2. The molecule has 1 atom stereocenters. The maximum atomic E-state index is 8.98. The minimum absolute atomic E-state index is 0.226. The molecule has 0 bridgehead atoms. The van der Waals surface area contributed by atoms with Crippen molar-refractivity contribution in [1.29, 1.82) is 0 Å². The van der Waals surface area contributed by atoms with Crippen LogP contribution in [0.3, 0.4) is 0 Å². The van der Waals surface area contributed by atoms with Gasteiger partial charge in [0.25, 0.3) is 0 Å². The van der Waals surface area contributed by atoms with Gasteiger partial charge in [-0.2, -0.15) is 0 Å². The summed E-state index contributed by atoms with van der Waals surface area (Å²) in [4.78, 5) is 4.21. The number of thiazole rings is 1. The highest BCUT2D eigenvalue weighted by Gasteiger charge is 2.01. The van der Waals surface area contributed by atoms with Crippen LogP contribution >= 0.6 is 27.3 Å². The Bertz CT molecular complexity index is 224. The number of halogens is 1. The molecule has 0 aromatic carbocycles. The summed E-state index contributed by atoms with van der Waals surface area (Å²) in [5.41, 5.74) is 1.06. The Hall–Kier alpha value is 0.0700. The first-order valence-corrected chi connectivity index (χ1v) is 5.13. The van der Waals surface area contributed by atoms with E-state index in [1.165, 1.54) is 0 Å². The summed E-state index contributed by atoms with van der Waals surface area (Å²) >= 11 is 4.86. The van der Waals surface area contributed by atoms with Gasteiger partial charge in [0.1, 0.15) is 0 Å². The van der Waals surface area contributed by atoms with Crippen LogP contribution < -0.4 is 0 Å². The van der Waals surface area contributed by atoms with Crippen LogP contribution in [0.5, 0.6) is 0 Å². The molecule has 4 heteroatoms. The minimum Gasteiger partial charge on any atom is -0.393 e. The molecule has 0 aliphatic rings. The average Bonchev–Trinajstić information content (AvgIpc) is 2.31. The highest BCUT2D eigenvalue weighted by Crippen LogP contribution is 2.17. The second kappa shape index (κ2) is 4.18. The summed E-state index contributed by atoms with van der Waals surface area (Å²) in [6.45, 7) is 1.79. The number of hydrogen-bond acceptors (Lipinski definition) is 3. The number of aromatic nitrogens is 1. The third kappa shape index (κ3) is 3.31. The van der Waals surface area contributed by atoms with Gasteiger partial charge in [0.05, 0.1) is 11.8 Å². The lowest BCUT2D eigenvalue weighted by Gasteiger charge is -1.99. The summed E-state index contributed by atoms with van der Waals surface area (Å²) in [6, 6.07) is 0. The molecule has 0 amide bonds. The van der Waals surface area contributed by atoms with Crippen LogP contribution in [0.2, 0.25) is 0 Å². The van der Waals surface area contributed by atoms with Crippen molar-refractivity contribution >= 4 is 27.3 Å². The molecule has 0 saturated carbocycles. The highest BCUT2D eigenvalue weighted by atomic mass is 79.9. The van der Waals surface area contributed by atoms with Crippen molar-refractivity contribution in [2.24, 2.45) is 0 Å². The summed E-state index contributed by atoms with van der Waals surface area (Å²) in [6.07, 6.45) is 1.42. The van der Waals surface area contributed by atoms with Crippen LogP contribution in [0.15, 0.2) is 9.30 Å². The minimum atomic E-state index is -0.226. The molecule has 0 saturated heterocycles. The number of rotatable bonds is 3. The Morgan fingerprint density at radius 2 is 2.55 bits per heavy atom. The third-order valence-electron chi connectivity index (χ3n) is 1.34. The fraction of sp³-hybridized carbons (Fsp3) is 0.571. The second-order valence-electron chi connectivity index (χ2n) is 2.48. The monoisotopic (exact) mass is 235 g/mol. The van der Waals surface area contributed by atoms with Gasteiger partial charge >= 0.3 is 0 Å². The molecule has 1 aromatic heterocycles. The molecule has 0 spiro atoms. The maximum Gasteiger partial charge on any atom is 0.159 e. The number of aryl methyl sites for hydroxylation is 1. The van der Waals surface area contributed by atoms with Gasteiger partial charge in [-0.15, -0.1) is 11.3 Å². The first-order chi connectivity index (χ1) is 5.18. The van der Waals surface area contributed by atoms with Crippen molar-refractivity contribution in [2.75, 3.05) is 0 Å². The van der Waals surface area contributed by atoms with Crippen molar-refractivity contribution in [3.8, 4) is 0 Å². The topological polar surface area (TPSA) is 33.1 Å². The number of nitrogens with zero attached hydrogens (tertiary/aromatic N) is 1. The predicted molar refractivity (Wildman–Crippen MR) is 49.8 cm³/mol.